The number of carbonyl (C=O) groups excluding carboxylic acids is 1. The molecule has 0 saturated heterocycles. The van der Waals surface area contributed by atoms with E-state index in [1.807, 2.05) is 50.2 Å². The lowest BCUT2D eigenvalue weighted by atomic mass is 10.1. The van der Waals surface area contributed by atoms with Crippen LogP contribution in [0, 0.1) is 13.8 Å². The zero-order chi connectivity index (χ0) is 20.1. The minimum absolute atomic E-state index is 0.00586. The van der Waals surface area contributed by atoms with Crippen molar-refractivity contribution in [3.05, 3.63) is 79.9 Å². The number of rotatable bonds is 8. The van der Waals surface area contributed by atoms with Crippen LogP contribution in [0.15, 0.2) is 46.9 Å². The number of hydrogen-bond acceptors (Lipinski definition) is 4. The third-order valence-electron chi connectivity index (χ3n) is 4.27. The van der Waals surface area contributed by atoms with Crippen LogP contribution in [-0.4, -0.2) is 5.78 Å². The molecule has 3 aromatic rings. The maximum atomic E-state index is 12.3. The molecule has 5 heteroatoms. The van der Waals surface area contributed by atoms with Crippen LogP contribution in [-0.2, 0) is 13.0 Å². The van der Waals surface area contributed by atoms with E-state index in [0.29, 0.717) is 18.1 Å². The Labute approximate surface area is 174 Å². The lowest BCUT2D eigenvalue weighted by molar-refractivity contribution is 0.105. The van der Waals surface area contributed by atoms with Crippen LogP contribution in [0.5, 0.6) is 5.75 Å². The van der Waals surface area contributed by atoms with Crippen molar-refractivity contribution in [3.8, 4) is 5.75 Å². The molecule has 0 atom stereocenters. The molecular weight excluding hydrogens is 392 g/mol. The van der Waals surface area contributed by atoms with Gasteiger partial charge in [-0.15, -0.1) is 11.3 Å². The van der Waals surface area contributed by atoms with E-state index in [9.17, 15) is 4.79 Å². The average molecular weight is 415 g/mol. The lowest BCUT2D eigenvalue weighted by Gasteiger charge is -2.08. The summed E-state index contributed by atoms with van der Waals surface area (Å²) in [7, 11) is 0. The van der Waals surface area contributed by atoms with Gasteiger partial charge in [0.2, 0.25) is 0 Å². The van der Waals surface area contributed by atoms with Crippen LogP contribution in [0.2, 0.25) is 5.02 Å². The van der Waals surface area contributed by atoms with Crippen molar-refractivity contribution in [2.75, 3.05) is 0 Å². The van der Waals surface area contributed by atoms with Crippen molar-refractivity contribution >= 4 is 34.8 Å². The Morgan fingerprint density at radius 1 is 1.18 bits per heavy atom. The highest BCUT2D eigenvalue weighted by molar-refractivity contribution is 7.14. The smallest absolute Gasteiger partial charge is 0.195 e. The molecule has 3 nitrogen and oxygen atoms in total. The van der Waals surface area contributed by atoms with Crippen molar-refractivity contribution < 1.29 is 13.9 Å². The molecule has 0 radical (unpaired) electrons. The van der Waals surface area contributed by atoms with E-state index in [1.54, 1.807) is 23.5 Å². The van der Waals surface area contributed by atoms with Gasteiger partial charge in [0.15, 0.2) is 5.78 Å². The summed E-state index contributed by atoms with van der Waals surface area (Å²) in [6, 6.07) is 11.4. The number of benzene rings is 1. The lowest BCUT2D eigenvalue weighted by Crippen LogP contribution is -1.95. The number of carbonyl (C=O) groups is 1. The molecule has 0 aliphatic rings. The van der Waals surface area contributed by atoms with E-state index in [4.69, 9.17) is 20.8 Å². The molecule has 0 amide bonds. The van der Waals surface area contributed by atoms with Crippen molar-refractivity contribution in [1.82, 2.24) is 0 Å². The van der Waals surface area contributed by atoms with Gasteiger partial charge in [-0.2, -0.15) is 0 Å². The minimum Gasteiger partial charge on any atom is -0.486 e. The van der Waals surface area contributed by atoms with E-state index >= 15 is 0 Å². The molecule has 2 heterocycles. The van der Waals surface area contributed by atoms with Gasteiger partial charge in [-0.25, -0.2) is 0 Å². The quantitative estimate of drug-likeness (QED) is 0.293. The molecule has 0 aliphatic carbocycles. The van der Waals surface area contributed by atoms with E-state index in [1.165, 1.54) is 4.88 Å². The summed E-state index contributed by atoms with van der Waals surface area (Å²) in [6.07, 6.45) is 5.34. The minimum atomic E-state index is -0.00586. The van der Waals surface area contributed by atoms with Gasteiger partial charge in [0.05, 0.1) is 4.88 Å². The normalized spacial score (nSPS) is 11.3. The van der Waals surface area contributed by atoms with Crippen molar-refractivity contribution in [2.24, 2.45) is 0 Å². The number of furan rings is 1. The maximum absolute atomic E-state index is 12.3. The fourth-order valence-electron chi connectivity index (χ4n) is 2.84. The third-order valence-corrected chi connectivity index (χ3v) is 6.03. The molecule has 0 unspecified atom stereocenters. The second kappa shape index (κ2) is 9.26. The molecule has 0 N–H and O–H groups in total. The molecule has 3 rings (SSSR count). The second-order valence-corrected chi connectivity index (χ2v) is 8.22. The predicted octanol–water partition coefficient (Wildman–Crippen LogP) is 7.04. The Bertz CT molecular complexity index is 974. The SMILES string of the molecule is CCCc1ccc(C(=O)/C=C/c2ccc(COc3cc(C)c(Cl)c(C)c3)o2)s1. The summed E-state index contributed by atoms with van der Waals surface area (Å²) in [6.45, 7) is 6.35. The largest absolute Gasteiger partial charge is 0.486 e. The molecule has 146 valence electrons. The molecule has 0 saturated carbocycles. The fraction of sp³-hybridized carbons (Fsp3) is 0.261. The highest BCUT2D eigenvalue weighted by atomic mass is 35.5. The van der Waals surface area contributed by atoms with Gasteiger partial charge in [0.25, 0.3) is 0 Å². The van der Waals surface area contributed by atoms with Crippen LogP contribution < -0.4 is 4.74 Å². The topological polar surface area (TPSA) is 39.4 Å². The summed E-state index contributed by atoms with van der Waals surface area (Å²) in [5.74, 6) is 2.07. The molecule has 0 spiro atoms. The molecule has 28 heavy (non-hydrogen) atoms. The van der Waals surface area contributed by atoms with E-state index in [-0.39, 0.29) is 5.78 Å². The molecule has 0 bridgehead atoms. The predicted molar refractivity (Wildman–Crippen MR) is 116 cm³/mol. The highest BCUT2D eigenvalue weighted by Crippen LogP contribution is 2.26. The van der Waals surface area contributed by atoms with E-state index in [2.05, 4.69) is 6.92 Å². The fourth-order valence-corrected chi connectivity index (χ4v) is 3.98. The molecule has 1 aromatic carbocycles. The number of halogens is 1. The standard InChI is InChI=1S/C23H23ClO3S/c1-4-5-20-9-11-22(28-20)21(25)10-8-17-6-7-18(27-17)14-26-19-12-15(2)23(24)16(3)13-19/h6-13H,4-5,14H2,1-3H3/b10-8+. The number of allylic oxidation sites excluding steroid dienone is 1. The zero-order valence-corrected chi connectivity index (χ0v) is 17.8. The van der Waals surface area contributed by atoms with Crippen LogP contribution >= 0.6 is 22.9 Å². The van der Waals surface area contributed by atoms with Gasteiger partial charge in [-0.1, -0.05) is 24.9 Å². The number of ether oxygens (including phenoxy) is 1. The molecule has 0 fully saturated rings. The van der Waals surface area contributed by atoms with Crippen molar-refractivity contribution in [3.63, 3.8) is 0 Å². The first-order valence-corrected chi connectivity index (χ1v) is 10.4. The summed E-state index contributed by atoms with van der Waals surface area (Å²) >= 11 is 7.74. The van der Waals surface area contributed by atoms with Gasteiger partial charge in [0.1, 0.15) is 23.9 Å². The molecule has 0 aliphatic heterocycles. The van der Waals surface area contributed by atoms with E-state index in [0.717, 1.165) is 39.6 Å². The molecular formula is C23H23ClO3S. The Morgan fingerprint density at radius 3 is 2.64 bits per heavy atom. The Balaban J connectivity index is 1.59. The van der Waals surface area contributed by atoms with Gasteiger partial charge >= 0.3 is 0 Å². The van der Waals surface area contributed by atoms with Crippen LogP contribution in [0.25, 0.3) is 6.08 Å². The maximum Gasteiger partial charge on any atom is 0.195 e. The average Bonchev–Trinajstić information content (AvgIpc) is 3.32. The second-order valence-electron chi connectivity index (χ2n) is 6.68. The molecule has 2 aromatic heterocycles. The Kier molecular flexibility index (Phi) is 6.76. The number of hydrogen-bond donors (Lipinski definition) is 0. The summed E-state index contributed by atoms with van der Waals surface area (Å²) in [5, 5.41) is 0.759. The number of thiophene rings is 1. The van der Waals surface area contributed by atoms with Gasteiger partial charge in [-0.3, -0.25) is 4.79 Å². The van der Waals surface area contributed by atoms with Crippen molar-refractivity contribution in [2.45, 2.75) is 40.2 Å². The van der Waals surface area contributed by atoms with Gasteiger partial charge < -0.3 is 9.15 Å². The first-order valence-electron chi connectivity index (χ1n) is 9.25. The number of aryl methyl sites for hydroxylation is 3. The van der Waals surface area contributed by atoms with Crippen LogP contribution in [0.3, 0.4) is 0 Å². The number of ketones is 1. The Morgan fingerprint density at radius 2 is 1.93 bits per heavy atom. The van der Waals surface area contributed by atoms with Gasteiger partial charge in [0, 0.05) is 9.90 Å². The first kappa shape index (κ1) is 20.4. The van der Waals surface area contributed by atoms with Gasteiger partial charge in [-0.05, 0) is 79.9 Å². The first-order chi connectivity index (χ1) is 13.5. The van der Waals surface area contributed by atoms with E-state index < -0.39 is 0 Å². The zero-order valence-electron chi connectivity index (χ0n) is 16.3. The van der Waals surface area contributed by atoms with Crippen molar-refractivity contribution in [1.29, 1.82) is 0 Å². The monoisotopic (exact) mass is 414 g/mol. The highest BCUT2D eigenvalue weighted by Gasteiger charge is 2.08. The third kappa shape index (κ3) is 5.15. The summed E-state index contributed by atoms with van der Waals surface area (Å²) < 4.78 is 11.5. The Hall–Kier alpha value is -2.30. The summed E-state index contributed by atoms with van der Waals surface area (Å²) in [5.41, 5.74) is 1.96. The van der Waals surface area contributed by atoms with Crippen LogP contribution in [0.4, 0.5) is 0 Å². The summed E-state index contributed by atoms with van der Waals surface area (Å²) in [4.78, 5) is 14.3. The van der Waals surface area contributed by atoms with Crippen LogP contribution in [0.1, 0.15) is 50.5 Å².